The van der Waals surface area contributed by atoms with Gasteiger partial charge in [-0.15, -0.1) is 0 Å². The van der Waals surface area contributed by atoms with E-state index in [4.69, 9.17) is 10.00 Å². The molecule has 3 nitrogen and oxygen atoms in total. The van der Waals surface area contributed by atoms with E-state index in [1.165, 1.54) is 19.1 Å². The monoisotopic (exact) mass is 271 g/mol. The molecular weight excluding hydrogens is 257 g/mol. The highest BCUT2D eigenvalue weighted by molar-refractivity contribution is 5.33. The van der Waals surface area contributed by atoms with Crippen LogP contribution < -0.4 is 4.74 Å². The van der Waals surface area contributed by atoms with Crippen molar-refractivity contribution in [1.29, 1.82) is 5.26 Å². The first kappa shape index (κ1) is 14.0. The summed E-state index contributed by atoms with van der Waals surface area (Å²) in [4.78, 5) is 0. The van der Waals surface area contributed by atoms with Crippen molar-refractivity contribution in [2.24, 2.45) is 0 Å². The minimum atomic E-state index is -0.851. The topological polar surface area (TPSA) is 53.2 Å². The molecule has 0 aliphatic rings. The van der Waals surface area contributed by atoms with Gasteiger partial charge in [0.15, 0.2) is 0 Å². The largest absolute Gasteiger partial charge is 0.489 e. The average Bonchev–Trinajstić information content (AvgIpc) is 2.45. The molecule has 0 bridgehead atoms. The lowest BCUT2D eigenvalue weighted by molar-refractivity contribution is 0.194. The first-order valence-corrected chi connectivity index (χ1v) is 6.19. The van der Waals surface area contributed by atoms with E-state index in [9.17, 15) is 9.50 Å². The zero-order chi connectivity index (χ0) is 14.5. The van der Waals surface area contributed by atoms with Crippen LogP contribution in [0.2, 0.25) is 0 Å². The Labute approximate surface area is 116 Å². The number of aliphatic hydroxyl groups excluding tert-OH is 1. The lowest BCUT2D eigenvalue weighted by atomic mass is 10.1. The average molecular weight is 271 g/mol. The van der Waals surface area contributed by atoms with Crippen molar-refractivity contribution in [2.75, 3.05) is 0 Å². The molecule has 2 aromatic rings. The quantitative estimate of drug-likeness (QED) is 0.928. The van der Waals surface area contributed by atoms with Gasteiger partial charge in [0.05, 0.1) is 17.7 Å². The van der Waals surface area contributed by atoms with E-state index in [0.29, 0.717) is 11.3 Å². The molecule has 1 N–H and O–H groups in total. The fourth-order valence-electron chi connectivity index (χ4n) is 1.83. The molecule has 0 heterocycles. The summed E-state index contributed by atoms with van der Waals surface area (Å²) in [5, 5.41) is 18.2. The second kappa shape index (κ2) is 6.18. The van der Waals surface area contributed by atoms with E-state index in [0.717, 1.165) is 5.56 Å². The first-order valence-electron chi connectivity index (χ1n) is 6.19. The molecule has 0 fully saturated rings. The maximum absolute atomic E-state index is 13.7. The molecule has 1 unspecified atom stereocenters. The zero-order valence-corrected chi connectivity index (χ0v) is 11.0. The van der Waals surface area contributed by atoms with Gasteiger partial charge in [-0.05, 0) is 36.8 Å². The Hall–Kier alpha value is -2.38. The van der Waals surface area contributed by atoms with Crippen molar-refractivity contribution in [1.82, 2.24) is 0 Å². The number of rotatable bonds is 4. The molecule has 0 aliphatic heterocycles. The molecule has 1 atom stereocenters. The molecule has 0 amide bonds. The standard InChI is InChI=1S/C16H14FNO2/c1-11(19)15-6-5-14(8-16(15)17)20-10-13-4-2-3-12(7-13)9-18/h2-8,11,19H,10H2,1H3. The van der Waals surface area contributed by atoms with Gasteiger partial charge >= 0.3 is 0 Å². The molecule has 20 heavy (non-hydrogen) atoms. The number of ether oxygens (including phenoxy) is 1. The van der Waals surface area contributed by atoms with Gasteiger partial charge in [-0.1, -0.05) is 12.1 Å². The highest BCUT2D eigenvalue weighted by atomic mass is 19.1. The van der Waals surface area contributed by atoms with Crippen LogP contribution in [-0.4, -0.2) is 5.11 Å². The molecule has 2 aromatic carbocycles. The molecule has 0 saturated carbocycles. The molecule has 0 spiro atoms. The third kappa shape index (κ3) is 3.34. The number of halogens is 1. The predicted octanol–water partition coefficient (Wildman–Crippen LogP) is 3.33. The van der Waals surface area contributed by atoms with E-state index in [2.05, 4.69) is 6.07 Å². The highest BCUT2D eigenvalue weighted by Gasteiger charge is 2.09. The second-order valence-electron chi connectivity index (χ2n) is 4.46. The molecule has 0 radical (unpaired) electrons. The Morgan fingerprint density at radius 1 is 1.30 bits per heavy atom. The minimum Gasteiger partial charge on any atom is -0.489 e. The third-order valence-corrected chi connectivity index (χ3v) is 2.88. The van der Waals surface area contributed by atoms with Crippen LogP contribution in [0.4, 0.5) is 4.39 Å². The summed E-state index contributed by atoms with van der Waals surface area (Å²) in [7, 11) is 0. The summed E-state index contributed by atoms with van der Waals surface area (Å²) < 4.78 is 19.1. The number of hydrogen-bond donors (Lipinski definition) is 1. The summed E-state index contributed by atoms with van der Waals surface area (Å²) >= 11 is 0. The summed E-state index contributed by atoms with van der Waals surface area (Å²) in [6.45, 7) is 1.76. The number of nitriles is 1. The van der Waals surface area contributed by atoms with Crippen molar-refractivity contribution in [3.05, 3.63) is 65.0 Å². The Bertz CT molecular complexity index is 647. The van der Waals surface area contributed by atoms with Crippen LogP contribution in [0.15, 0.2) is 42.5 Å². The molecule has 4 heteroatoms. The number of nitrogens with zero attached hydrogens (tertiary/aromatic N) is 1. The van der Waals surface area contributed by atoms with Gasteiger partial charge in [0, 0.05) is 11.6 Å². The Kier molecular flexibility index (Phi) is 4.34. The maximum Gasteiger partial charge on any atom is 0.132 e. The minimum absolute atomic E-state index is 0.240. The summed E-state index contributed by atoms with van der Waals surface area (Å²) in [5.41, 5.74) is 1.63. The molecule has 2 rings (SSSR count). The molecule has 0 aliphatic carbocycles. The van der Waals surface area contributed by atoms with Crippen LogP contribution >= 0.6 is 0 Å². The second-order valence-corrected chi connectivity index (χ2v) is 4.46. The van der Waals surface area contributed by atoms with Gasteiger partial charge in [0.1, 0.15) is 18.2 Å². The Balaban J connectivity index is 2.07. The van der Waals surface area contributed by atoms with Crippen molar-refractivity contribution >= 4 is 0 Å². The van der Waals surface area contributed by atoms with Crippen LogP contribution in [0, 0.1) is 17.1 Å². The Morgan fingerprint density at radius 2 is 2.10 bits per heavy atom. The van der Waals surface area contributed by atoms with Crippen molar-refractivity contribution in [3.63, 3.8) is 0 Å². The van der Waals surface area contributed by atoms with Gasteiger partial charge in [0.2, 0.25) is 0 Å². The van der Waals surface area contributed by atoms with Crippen LogP contribution in [0.3, 0.4) is 0 Å². The zero-order valence-electron chi connectivity index (χ0n) is 11.0. The van der Waals surface area contributed by atoms with Gasteiger partial charge in [-0.25, -0.2) is 4.39 Å². The summed E-state index contributed by atoms with van der Waals surface area (Å²) in [6.07, 6.45) is -0.851. The number of hydrogen-bond acceptors (Lipinski definition) is 3. The fourth-order valence-corrected chi connectivity index (χ4v) is 1.83. The summed E-state index contributed by atoms with van der Waals surface area (Å²) in [6, 6.07) is 13.4. The Morgan fingerprint density at radius 3 is 2.75 bits per heavy atom. The lowest BCUT2D eigenvalue weighted by Gasteiger charge is -2.10. The molecule has 102 valence electrons. The van der Waals surface area contributed by atoms with Crippen LogP contribution in [0.25, 0.3) is 0 Å². The van der Waals surface area contributed by atoms with E-state index >= 15 is 0 Å². The van der Waals surface area contributed by atoms with Crippen molar-refractivity contribution in [2.45, 2.75) is 19.6 Å². The van der Waals surface area contributed by atoms with E-state index in [1.807, 2.05) is 6.07 Å². The maximum atomic E-state index is 13.7. The predicted molar refractivity (Wildman–Crippen MR) is 72.5 cm³/mol. The van der Waals surface area contributed by atoms with E-state index < -0.39 is 11.9 Å². The molecule has 0 aromatic heterocycles. The highest BCUT2D eigenvalue weighted by Crippen LogP contribution is 2.22. The SMILES string of the molecule is CC(O)c1ccc(OCc2cccc(C#N)c2)cc1F. The van der Waals surface area contributed by atoms with Crippen LogP contribution in [0.1, 0.15) is 29.7 Å². The fraction of sp³-hybridized carbons (Fsp3) is 0.188. The van der Waals surface area contributed by atoms with Gasteiger partial charge in [-0.2, -0.15) is 5.26 Å². The molecule has 0 saturated heterocycles. The van der Waals surface area contributed by atoms with Crippen LogP contribution in [-0.2, 0) is 6.61 Å². The van der Waals surface area contributed by atoms with Crippen molar-refractivity contribution in [3.8, 4) is 11.8 Å². The van der Waals surface area contributed by atoms with Crippen LogP contribution in [0.5, 0.6) is 5.75 Å². The first-order chi connectivity index (χ1) is 9.60. The third-order valence-electron chi connectivity index (χ3n) is 2.88. The lowest BCUT2D eigenvalue weighted by Crippen LogP contribution is -1.99. The number of aliphatic hydroxyl groups is 1. The smallest absolute Gasteiger partial charge is 0.132 e. The van der Waals surface area contributed by atoms with E-state index in [-0.39, 0.29) is 12.2 Å². The molecular formula is C16H14FNO2. The normalized spacial score (nSPS) is 11.7. The van der Waals surface area contributed by atoms with Crippen molar-refractivity contribution < 1.29 is 14.2 Å². The van der Waals surface area contributed by atoms with E-state index in [1.54, 1.807) is 24.3 Å². The van der Waals surface area contributed by atoms with Gasteiger partial charge in [0.25, 0.3) is 0 Å². The van der Waals surface area contributed by atoms with Gasteiger partial charge < -0.3 is 9.84 Å². The summed E-state index contributed by atoms with van der Waals surface area (Å²) in [5.74, 6) is -0.113. The number of benzene rings is 2. The van der Waals surface area contributed by atoms with Gasteiger partial charge in [-0.3, -0.25) is 0 Å².